The molecule has 0 heterocycles. The third-order valence-corrected chi connectivity index (χ3v) is 4.36. The molecule has 0 fully saturated rings. The highest BCUT2D eigenvalue weighted by atomic mass is 32.1. The van der Waals surface area contributed by atoms with E-state index in [9.17, 15) is 0 Å². The molecule has 1 rings (SSSR count). The first kappa shape index (κ1) is 15.4. The van der Waals surface area contributed by atoms with Crippen molar-refractivity contribution in [2.24, 2.45) is 5.92 Å². The van der Waals surface area contributed by atoms with E-state index < -0.39 is 0 Å². The summed E-state index contributed by atoms with van der Waals surface area (Å²) in [4.78, 5) is 0. The fourth-order valence-corrected chi connectivity index (χ4v) is 2.08. The number of hydrogen-bond donors (Lipinski definition) is 1. The first-order valence-electron chi connectivity index (χ1n) is 6.87. The number of rotatable bonds is 7. The topological polar surface area (TPSA) is 9.23 Å². The van der Waals surface area contributed by atoms with E-state index in [0.29, 0.717) is 5.92 Å². The van der Waals surface area contributed by atoms with Crippen LogP contribution in [-0.2, 0) is 5.41 Å². The van der Waals surface area contributed by atoms with E-state index in [1.54, 1.807) is 0 Å². The first-order chi connectivity index (χ1) is 8.53. The number of hydrogen-bond acceptors (Lipinski definition) is 2. The van der Waals surface area contributed by atoms with E-state index in [1.165, 1.54) is 5.56 Å². The molecule has 0 saturated heterocycles. The average molecular weight is 266 g/mol. The van der Waals surface area contributed by atoms with Crippen molar-refractivity contribution < 1.29 is 4.74 Å². The zero-order chi connectivity index (χ0) is 13.6. The van der Waals surface area contributed by atoms with Gasteiger partial charge in [0, 0.05) is 5.92 Å². The summed E-state index contributed by atoms with van der Waals surface area (Å²) in [5.74, 6) is 2.39. The molecule has 102 valence electrons. The Morgan fingerprint density at radius 1 is 1.17 bits per heavy atom. The molecule has 18 heavy (non-hydrogen) atoms. The maximum Gasteiger partial charge on any atom is 0.119 e. The van der Waals surface area contributed by atoms with Gasteiger partial charge in [-0.1, -0.05) is 39.8 Å². The third-order valence-electron chi connectivity index (χ3n) is 3.84. The van der Waals surface area contributed by atoms with Gasteiger partial charge in [0.25, 0.3) is 0 Å². The zero-order valence-electron chi connectivity index (χ0n) is 12.1. The van der Waals surface area contributed by atoms with Crippen LogP contribution in [0.3, 0.4) is 0 Å². The summed E-state index contributed by atoms with van der Waals surface area (Å²) in [5, 5.41) is 0. The summed E-state index contributed by atoms with van der Waals surface area (Å²) in [6.45, 7) is 9.71. The SMILES string of the molecule is CCC(CS)COc1ccc(C(C)(C)CC)cc1. The predicted molar refractivity (Wildman–Crippen MR) is 82.9 cm³/mol. The van der Waals surface area contributed by atoms with Crippen LogP contribution in [0.4, 0.5) is 0 Å². The Labute approximate surface area is 117 Å². The van der Waals surface area contributed by atoms with E-state index in [2.05, 4.69) is 64.6 Å². The smallest absolute Gasteiger partial charge is 0.119 e. The zero-order valence-corrected chi connectivity index (χ0v) is 13.0. The minimum Gasteiger partial charge on any atom is -0.493 e. The van der Waals surface area contributed by atoms with Gasteiger partial charge in [0.1, 0.15) is 5.75 Å². The lowest BCUT2D eigenvalue weighted by Crippen LogP contribution is -2.15. The molecule has 0 N–H and O–H groups in total. The van der Waals surface area contributed by atoms with Gasteiger partial charge in [-0.2, -0.15) is 12.6 Å². The van der Waals surface area contributed by atoms with Gasteiger partial charge in [0.2, 0.25) is 0 Å². The highest BCUT2D eigenvalue weighted by Gasteiger charge is 2.17. The largest absolute Gasteiger partial charge is 0.493 e. The summed E-state index contributed by atoms with van der Waals surface area (Å²) in [5.41, 5.74) is 1.62. The second-order valence-corrected chi connectivity index (χ2v) is 5.89. The van der Waals surface area contributed by atoms with Crippen molar-refractivity contribution >= 4 is 12.6 Å². The lowest BCUT2D eigenvalue weighted by atomic mass is 9.82. The van der Waals surface area contributed by atoms with E-state index in [-0.39, 0.29) is 5.41 Å². The normalized spacial score (nSPS) is 13.4. The minimum atomic E-state index is 0.246. The van der Waals surface area contributed by atoms with Crippen LogP contribution in [0.25, 0.3) is 0 Å². The third kappa shape index (κ3) is 4.24. The summed E-state index contributed by atoms with van der Waals surface area (Å²) in [7, 11) is 0. The Balaban J connectivity index is 2.61. The fraction of sp³-hybridized carbons (Fsp3) is 0.625. The molecule has 0 radical (unpaired) electrons. The quantitative estimate of drug-likeness (QED) is 0.703. The summed E-state index contributed by atoms with van der Waals surface area (Å²) >= 11 is 4.33. The monoisotopic (exact) mass is 266 g/mol. The van der Waals surface area contributed by atoms with Gasteiger partial charge in [-0.05, 0) is 41.7 Å². The van der Waals surface area contributed by atoms with Crippen LogP contribution in [0.2, 0.25) is 0 Å². The maximum atomic E-state index is 5.80. The number of benzene rings is 1. The van der Waals surface area contributed by atoms with Crippen molar-refractivity contribution in [2.75, 3.05) is 12.4 Å². The minimum absolute atomic E-state index is 0.246. The molecule has 1 aromatic rings. The van der Waals surface area contributed by atoms with Crippen LogP contribution in [-0.4, -0.2) is 12.4 Å². The van der Waals surface area contributed by atoms with Gasteiger partial charge in [-0.3, -0.25) is 0 Å². The van der Waals surface area contributed by atoms with Crippen LogP contribution in [0.5, 0.6) is 5.75 Å². The van der Waals surface area contributed by atoms with Crippen LogP contribution in [0.1, 0.15) is 46.1 Å². The lowest BCUT2D eigenvalue weighted by Gasteiger charge is -2.23. The molecule has 1 unspecified atom stereocenters. The molecule has 0 aliphatic heterocycles. The lowest BCUT2D eigenvalue weighted by molar-refractivity contribution is 0.259. The van der Waals surface area contributed by atoms with Crippen molar-refractivity contribution in [3.63, 3.8) is 0 Å². The van der Waals surface area contributed by atoms with Crippen molar-refractivity contribution in [3.05, 3.63) is 29.8 Å². The fourth-order valence-electron chi connectivity index (χ4n) is 1.72. The Kier molecular flexibility index (Phi) is 6.07. The molecule has 0 amide bonds. The molecule has 2 heteroatoms. The van der Waals surface area contributed by atoms with Crippen LogP contribution < -0.4 is 4.74 Å². The van der Waals surface area contributed by atoms with Gasteiger partial charge in [0.05, 0.1) is 6.61 Å². The van der Waals surface area contributed by atoms with Crippen molar-refractivity contribution in [3.8, 4) is 5.75 Å². The van der Waals surface area contributed by atoms with E-state index in [1.807, 2.05) is 0 Å². The summed E-state index contributed by atoms with van der Waals surface area (Å²) < 4.78 is 5.80. The molecule has 0 spiro atoms. The van der Waals surface area contributed by atoms with Gasteiger partial charge >= 0.3 is 0 Å². The number of thiol groups is 1. The highest BCUT2D eigenvalue weighted by Crippen LogP contribution is 2.28. The molecular weight excluding hydrogens is 240 g/mol. The second-order valence-electron chi connectivity index (χ2n) is 5.53. The van der Waals surface area contributed by atoms with Crippen LogP contribution in [0, 0.1) is 5.92 Å². The van der Waals surface area contributed by atoms with Crippen LogP contribution >= 0.6 is 12.6 Å². The Morgan fingerprint density at radius 3 is 2.22 bits per heavy atom. The maximum absolute atomic E-state index is 5.80. The van der Waals surface area contributed by atoms with Gasteiger partial charge in [-0.25, -0.2) is 0 Å². The molecule has 0 aliphatic carbocycles. The van der Waals surface area contributed by atoms with Crippen molar-refractivity contribution in [1.29, 1.82) is 0 Å². The molecular formula is C16H26OS. The van der Waals surface area contributed by atoms with Gasteiger partial charge < -0.3 is 4.74 Å². The molecule has 0 aliphatic rings. The Morgan fingerprint density at radius 2 is 1.78 bits per heavy atom. The Hall–Kier alpha value is -0.630. The van der Waals surface area contributed by atoms with Crippen molar-refractivity contribution in [2.45, 2.75) is 46.0 Å². The average Bonchev–Trinajstić information content (AvgIpc) is 2.40. The van der Waals surface area contributed by atoms with E-state index in [4.69, 9.17) is 4.74 Å². The Bertz CT molecular complexity index is 339. The molecule has 0 aromatic heterocycles. The number of ether oxygens (including phenoxy) is 1. The van der Waals surface area contributed by atoms with E-state index >= 15 is 0 Å². The summed E-state index contributed by atoms with van der Waals surface area (Å²) in [6.07, 6.45) is 2.26. The molecule has 1 aromatic carbocycles. The van der Waals surface area contributed by atoms with Gasteiger partial charge in [-0.15, -0.1) is 0 Å². The molecule has 0 saturated carbocycles. The molecule has 0 bridgehead atoms. The molecule has 1 nitrogen and oxygen atoms in total. The standard InChI is InChI=1S/C16H26OS/c1-5-13(12-18)11-17-15-9-7-14(8-10-15)16(3,4)6-2/h7-10,13,18H,5-6,11-12H2,1-4H3. The predicted octanol–water partition coefficient (Wildman–Crippen LogP) is 4.71. The van der Waals surface area contributed by atoms with E-state index in [0.717, 1.165) is 31.0 Å². The first-order valence-corrected chi connectivity index (χ1v) is 7.51. The highest BCUT2D eigenvalue weighted by molar-refractivity contribution is 7.80. The van der Waals surface area contributed by atoms with Crippen molar-refractivity contribution in [1.82, 2.24) is 0 Å². The molecule has 1 atom stereocenters. The summed E-state index contributed by atoms with van der Waals surface area (Å²) in [6, 6.07) is 8.52. The van der Waals surface area contributed by atoms with Gasteiger partial charge in [0.15, 0.2) is 0 Å². The second kappa shape index (κ2) is 7.08. The van der Waals surface area contributed by atoms with Crippen LogP contribution in [0.15, 0.2) is 24.3 Å².